The Balaban J connectivity index is 1.58. The molecule has 0 atom stereocenters. The lowest BCUT2D eigenvalue weighted by molar-refractivity contribution is -0.118. The van der Waals surface area contributed by atoms with E-state index in [2.05, 4.69) is 29.6 Å². The van der Waals surface area contributed by atoms with E-state index in [1.807, 2.05) is 30.3 Å². The molecule has 0 aromatic heterocycles. The van der Waals surface area contributed by atoms with Gasteiger partial charge in [-0.2, -0.15) is 11.8 Å². The third kappa shape index (κ3) is 6.78. The Bertz CT molecular complexity index is 601. The number of carbonyl (C=O) groups is 1. The van der Waals surface area contributed by atoms with Gasteiger partial charge in [-0.3, -0.25) is 4.79 Å². The van der Waals surface area contributed by atoms with Crippen molar-refractivity contribution in [2.75, 3.05) is 18.6 Å². The molecule has 0 aliphatic carbocycles. The van der Waals surface area contributed by atoms with Gasteiger partial charge in [-0.1, -0.05) is 42.5 Å². The van der Waals surface area contributed by atoms with Crippen LogP contribution in [0.5, 0.6) is 5.75 Å². The van der Waals surface area contributed by atoms with E-state index in [9.17, 15) is 4.79 Å². The molecule has 1 amide bonds. The molecule has 0 aliphatic rings. The predicted molar refractivity (Wildman–Crippen MR) is 96.9 cm³/mol. The molecule has 0 saturated heterocycles. The SMILES string of the molecule is COc1cccc(CNC(=O)CSCCCc2ccccc2)c1. The quantitative estimate of drug-likeness (QED) is 0.713. The molecule has 0 bridgehead atoms. The van der Waals surface area contributed by atoms with Crippen LogP contribution >= 0.6 is 11.8 Å². The third-order valence-corrected chi connectivity index (χ3v) is 4.50. The number of nitrogens with one attached hydrogen (secondary N) is 1. The molecule has 23 heavy (non-hydrogen) atoms. The van der Waals surface area contributed by atoms with Crippen molar-refractivity contribution in [1.82, 2.24) is 5.32 Å². The summed E-state index contributed by atoms with van der Waals surface area (Å²) in [7, 11) is 1.64. The van der Waals surface area contributed by atoms with E-state index in [-0.39, 0.29) is 5.91 Å². The minimum atomic E-state index is 0.0810. The van der Waals surface area contributed by atoms with E-state index in [1.54, 1.807) is 18.9 Å². The van der Waals surface area contributed by atoms with Gasteiger partial charge >= 0.3 is 0 Å². The molecule has 2 rings (SSSR count). The smallest absolute Gasteiger partial charge is 0.230 e. The van der Waals surface area contributed by atoms with E-state index in [0.29, 0.717) is 12.3 Å². The zero-order valence-electron chi connectivity index (χ0n) is 13.5. The molecule has 0 aliphatic heterocycles. The fourth-order valence-corrected chi connectivity index (χ4v) is 3.00. The fourth-order valence-electron chi connectivity index (χ4n) is 2.22. The van der Waals surface area contributed by atoms with Gasteiger partial charge in [0.2, 0.25) is 5.91 Å². The number of benzene rings is 2. The number of rotatable bonds is 9. The second-order valence-electron chi connectivity index (χ2n) is 5.27. The van der Waals surface area contributed by atoms with Crippen LogP contribution in [0, 0.1) is 0 Å². The molecule has 0 spiro atoms. The van der Waals surface area contributed by atoms with Gasteiger partial charge in [0.25, 0.3) is 0 Å². The molecule has 3 nitrogen and oxygen atoms in total. The number of hydrogen-bond donors (Lipinski definition) is 1. The molecule has 122 valence electrons. The topological polar surface area (TPSA) is 38.3 Å². The van der Waals surface area contributed by atoms with Crippen LogP contribution in [-0.2, 0) is 17.8 Å². The summed E-state index contributed by atoms with van der Waals surface area (Å²) in [5.41, 5.74) is 2.40. The highest BCUT2D eigenvalue weighted by atomic mass is 32.2. The van der Waals surface area contributed by atoms with Gasteiger partial charge < -0.3 is 10.1 Å². The second-order valence-corrected chi connectivity index (χ2v) is 6.38. The lowest BCUT2D eigenvalue weighted by atomic mass is 10.1. The molecular formula is C19H23NO2S. The number of hydrogen-bond acceptors (Lipinski definition) is 3. The average Bonchev–Trinajstić information content (AvgIpc) is 2.61. The fraction of sp³-hybridized carbons (Fsp3) is 0.316. The molecule has 0 unspecified atom stereocenters. The first kappa shape index (κ1) is 17.4. The zero-order valence-corrected chi connectivity index (χ0v) is 14.3. The molecule has 4 heteroatoms. The molecule has 2 aromatic carbocycles. The molecule has 0 fully saturated rings. The standard InChI is InChI=1S/C19H23NO2S/c1-22-18-11-5-9-17(13-18)14-20-19(21)15-23-12-6-10-16-7-3-2-4-8-16/h2-5,7-9,11,13H,6,10,12,14-15H2,1H3,(H,20,21). The van der Waals surface area contributed by atoms with Crippen LogP contribution < -0.4 is 10.1 Å². The number of ether oxygens (including phenoxy) is 1. The summed E-state index contributed by atoms with van der Waals surface area (Å²) in [6.07, 6.45) is 2.16. The van der Waals surface area contributed by atoms with Gasteiger partial charge in [0.1, 0.15) is 5.75 Å². The largest absolute Gasteiger partial charge is 0.497 e. The van der Waals surface area contributed by atoms with Gasteiger partial charge in [-0.25, -0.2) is 0 Å². The van der Waals surface area contributed by atoms with Gasteiger partial charge in [-0.05, 0) is 41.9 Å². The van der Waals surface area contributed by atoms with Crippen LogP contribution in [0.4, 0.5) is 0 Å². The second kappa shape index (κ2) is 9.95. The molecule has 0 saturated carbocycles. The summed E-state index contributed by atoms with van der Waals surface area (Å²) < 4.78 is 5.17. The third-order valence-electron chi connectivity index (χ3n) is 3.45. The van der Waals surface area contributed by atoms with Gasteiger partial charge in [0.15, 0.2) is 0 Å². The van der Waals surface area contributed by atoms with Crippen molar-refractivity contribution >= 4 is 17.7 Å². The van der Waals surface area contributed by atoms with E-state index < -0.39 is 0 Å². The van der Waals surface area contributed by atoms with Crippen LogP contribution in [0.3, 0.4) is 0 Å². The minimum absolute atomic E-state index is 0.0810. The van der Waals surface area contributed by atoms with Crippen LogP contribution in [0.1, 0.15) is 17.5 Å². The van der Waals surface area contributed by atoms with Gasteiger partial charge in [-0.15, -0.1) is 0 Å². The number of amides is 1. The van der Waals surface area contributed by atoms with Crippen molar-refractivity contribution in [3.8, 4) is 5.75 Å². The Morgan fingerprint density at radius 2 is 1.87 bits per heavy atom. The van der Waals surface area contributed by atoms with Crippen LogP contribution in [-0.4, -0.2) is 24.5 Å². The first-order chi connectivity index (χ1) is 11.3. The Morgan fingerprint density at radius 3 is 2.65 bits per heavy atom. The minimum Gasteiger partial charge on any atom is -0.497 e. The predicted octanol–water partition coefficient (Wildman–Crippen LogP) is 3.68. The van der Waals surface area contributed by atoms with Crippen molar-refractivity contribution in [2.24, 2.45) is 0 Å². The molecular weight excluding hydrogens is 306 g/mol. The normalized spacial score (nSPS) is 10.3. The summed E-state index contributed by atoms with van der Waals surface area (Å²) in [6, 6.07) is 18.2. The summed E-state index contributed by atoms with van der Waals surface area (Å²) in [5.74, 6) is 2.41. The molecule has 0 heterocycles. The Hall–Kier alpha value is -1.94. The number of carbonyl (C=O) groups excluding carboxylic acids is 1. The lowest BCUT2D eigenvalue weighted by Gasteiger charge is -2.07. The van der Waals surface area contributed by atoms with E-state index in [0.717, 1.165) is 29.9 Å². The molecule has 1 N–H and O–H groups in total. The van der Waals surface area contributed by atoms with Crippen molar-refractivity contribution in [3.05, 3.63) is 65.7 Å². The zero-order chi connectivity index (χ0) is 16.3. The van der Waals surface area contributed by atoms with E-state index in [1.165, 1.54) is 5.56 Å². The Morgan fingerprint density at radius 1 is 1.09 bits per heavy atom. The van der Waals surface area contributed by atoms with E-state index >= 15 is 0 Å². The van der Waals surface area contributed by atoms with Gasteiger partial charge in [0.05, 0.1) is 12.9 Å². The monoisotopic (exact) mass is 329 g/mol. The maximum atomic E-state index is 11.8. The highest BCUT2D eigenvalue weighted by Crippen LogP contribution is 2.12. The summed E-state index contributed by atoms with van der Waals surface area (Å²) in [4.78, 5) is 11.8. The number of methoxy groups -OCH3 is 1. The summed E-state index contributed by atoms with van der Waals surface area (Å²) in [5, 5.41) is 2.94. The maximum absolute atomic E-state index is 11.8. The molecule has 0 radical (unpaired) electrons. The highest BCUT2D eigenvalue weighted by molar-refractivity contribution is 7.99. The first-order valence-corrected chi connectivity index (χ1v) is 8.94. The van der Waals surface area contributed by atoms with Crippen molar-refractivity contribution in [2.45, 2.75) is 19.4 Å². The Kier molecular flexibility index (Phi) is 7.54. The Labute approximate surface area is 142 Å². The number of aryl methyl sites for hydroxylation is 1. The number of thioether (sulfide) groups is 1. The first-order valence-electron chi connectivity index (χ1n) is 7.79. The van der Waals surface area contributed by atoms with Crippen LogP contribution in [0.15, 0.2) is 54.6 Å². The van der Waals surface area contributed by atoms with Crippen molar-refractivity contribution in [3.63, 3.8) is 0 Å². The maximum Gasteiger partial charge on any atom is 0.230 e. The molecule has 2 aromatic rings. The van der Waals surface area contributed by atoms with E-state index in [4.69, 9.17) is 4.74 Å². The van der Waals surface area contributed by atoms with Gasteiger partial charge in [0, 0.05) is 6.54 Å². The summed E-state index contributed by atoms with van der Waals surface area (Å²) in [6.45, 7) is 0.542. The van der Waals surface area contributed by atoms with Crippen molar-refractivity contribution in [1.29, 1.82) is 0 Å². The summed E-state index contributed by atoms with van der Waals surface area (Å²) >= 11 is 1.69. The average molecular weight is 329 g/mol. The highest BCUT2D eigenvalue weighted by Gasteiger charge is 2.02. The van der Waals surface area contributed by atoms with Crippen molar-refractivity contribution < 1.29 is 9.53 Å². The van der Waals surface area contributed by atoms with Crippen LogP contribution in [0.25, 0.3) is 0 Å². The van der Waals surface area contributed by atoms with Crippen LogP contribution in [0.2, 0.25) is 0 Å². The lowest BCUT2D eigenvalue weighted by Crippen LogP contribution is -2.24.